The van der Waals surface area contributed by atoms with Crippen molar-refractivity contribution in [3.8, 4) is 0 Å². The molecule has 2 rings (SSSR count). The molecule has 0 bridgehead atoms. The lowest BCUT2D eigenvalue weighted by Gasteiger charge is -2.21. The quantitative estimate of drug-likeness (QED) is 0.905. The van der Waals surface area contributed by atoms with Crippen LogP contribution < -0.4 is 0 Å². The second-order valence-electron chi connectivity index (χ2n) is 4.81. The molecule has 1 fully saturated rings. The highest BCUT2D eigenvalue weighted by atomic mass is 79.9. The van der Waals surface area contributed by atoms with Crippen molar-refractivity contribution in [3.05, 3.63) is 33.8 Å². The summed E-state index contributed by atoms with van der Waals surface area (Å²) >= 11 is 3.06. The molecular formula is C13H13BrF3NO2. The summed E-state index contributed by atoms with van der Waals surface area (Å²) in [7, 11) is 0. The van der Waals surface area contributed by atoms with Gasteiger partial charge in [0.15, 0.2) is 0 Å². The monoisotopic (exact) mass is 351 g/mol. The van der Waals surface area contributed by atoms with Gasteiger partial charge in [-0.1, -0.05) is 15.9 Å². The summed E-state index contributed by atoms with van der Waals surface area (Å²) in [6.07, 6.45) is -3.12. The number of carboxylic acid groups (broad SMARTS) is 1. The van der Waals surface area contributed by atoms with Gasteiger partial charge in [-0.25, -0.2) is 0 Å². The van der Waals surface area contributed by atoms with Crippen LogP contribution in [0.4, 0.5) is 13.2 Å². The molecule has 110 valence electrons. The average molecular weight is 352 g/mol. The highest BCUT2D eigenvalue weighted by molar-refractivity contribution is 9.10. The van der Waals surface area contributed by atoms with Crippen molar-refractivity contribution in [2.45, 2.75) is 31.6 Å². The molecule has 1 aromatic carbocycles. The Kier molecular flexibility index (Phi) is 4.39. The Morgan fingerprint density at radius 3 is 2.70 bits per heavy atom. The van der Waals surface area contributed by atoms with Crippen LogP contribution in [0.3, 0.4) is 0 Å². The number of likely N-dealkylation sites (tertiary alicyclic amines) is 1. The maximum atomic E-state index is 12.7. The van der Waals surface area contributed by atoms with Crippen molar-refractivity contribution < 1.29 is 23.1 Å². The number of hydrogen-bond acceptors (Lipinski definition) is 2. The lowest BCUT2D eigenvalue weighted by atomic mass is 10.1. The van der Waals surface area contributed by atoms with E-state index < -0.39 is 23.8 Å². The smallest absolute Gasteiger partial charge is 0.416 e. The van der Waals surface area contributed by atoms with Crippen molar-refractivity contribution in [1.29, 1.82) is 0 Å². The normalized spacial score (nSPS) is 20.3. The van der Waals surface area contributed by atoms with Crippen LogP contribution in [-0.2, 0) is 17.5 Å². The lowest BCUT2D eigenvalue weighted by Crippen LogP contribution is -2.35. The predicted molar refractivity (Wildman–Crippen MR) is 70.2 cm³/mol. The number of hydrogen-bond donors (Lipinski definition) is 1. The summed E-state index contributed by atoms with van der Waals surface area (Å²) < 4.78 is 38.6. The van der Waals surface area contributed by atoms with Crippen LogP contribution in [0.2, 0.25) is 0 Å². The van der Waals surface area contributed by atoms with Gasteiger partial charge in [0, 0.05) is 11.0 Å². The molecule has 1 aliphatic heterocycles. The van der Waals surface area contributed by atoms with Gasteiger partial charge in [0.05, 0.1) is 5.56 Å². The van der Waals surface area contributed by atoms with Gasteiger partial charge in [-0.3, -0.25) is 9.69 Å². The summed E-state index contributed by atoms with van der Waals surface area (Å²) in [5.74, 6) is -0.923. The average Bonchev–Trinajstić information content (AvgIpc) is 2.75. The number of halogens is 4. The number of benzene rings is 1. The number of rotatable bonds is 3. The van der Waals surface area contributed by atoms with Gasteiger partial charge in [-0.15, -0.1) is 0 Å². The van der Waals surface area contributed by atoms with E-state index in [0.717, 1.165) is 18.6 Å². The van der Waals surface area contributed by atoms with E-state index in [1.807, 2.05) is 0 Å². The number of carbonyl (C=O) groups is 1. The second-order valence-corrected chi connectivity index (χ2v) is 5.73. The van der Waals surface area contributed by atoms with Gasteiger partial charge in [-0.2, -0.15) is 13.2 Å². The first-order chi connectivity index (χ1) is 9.27. The van der Waals surface area contributed by atoms with Gasteiger partial charge in [-0.05, 0) is 43.1 Å². The molecule has 1 N–H and O–H groups in total. The third-order valence-electron chi connectivity index (χ3n) is 3.32. The zero-order chi connectivity index (χ0) is 14.9. The lowest BCUT2D eigenvalue weighted by molar-refractivity contribution is -0.142. The topological polar surface area (TPSA) is 40.5 Å². The molecule has 0 amide bonds. The van der Waals surface area contributed by atoms with E-state index in [9.17, 15) is 18.0 Å². The van der Waals surface area contributed by atoms with E-state index in [0.29, 0.717) is 23.0 Å². The Hall–Kier alpha value is -1.08. The van der Waals surface area contributed by atoms with Crippen molar-refractivity contribution in [2.24, 2.45) is 0 Å². The minimum atomic E-state index is -4.41. The van der Waals surface area contributed by atoms with E-state index in [4.69, 9.17) is 5.11 Å². The van der Waals surface area contributed by atoms with Crippen molar-refractivity contribution in [3.63, 3.8) is 0 Å². The Bertz CT molecular complexity index is 519. The Balaban J connectivity index is 2.21. The number of alkyl halides is 3. The molecular weight excluding hydrogens is 339 g/mol. The number of carboxylic acids is 1. The minimum Gasteiger partial charge on any atom is -0.480 e. The van der Waals surface area contributed by atoms with Crippen LogP contribution in [0.15, 0.2) is 22.7 Å². The third kappa shape index (κ3) is 3.52. The Labute approximate surface area is 122 Å². The minimum absolute atomic E-state index is 0.208. The summed E-state index contributed by atoms with van der Waals surface area (Å²) in [6, 6.07) is 3.07. The molecule has 1 aliphatic rings. The maximum absolute atomic E-state index is 12.7. The van der Waals surface area contributed by atoms with Crippen molar-refractivity contribution in [1.82, 2.24) is 4.90 Å². The second kappa shape index (κ2) is 5.73. The van der Waals surface area contributed by atoms with Crippen molar-refractivity contribution in [2.75, 3.05) is 6.54 Å². The van der Waals surface area contributed by atoms with Crippen LogP contribution in [0.1, 0.15) is 24.0 Å². The van der Waals surface area contributed by atoms with Crippen molar-refractivity contribution >= 4 is 21.9 Å². The van der Waals surface area contributed by atoms with Gasteiger partial charge in [0.2, 0.25) is 0 Å². The molecule has 7 heteroatoms. The maximum Gasteiger partial charge on any atom is 0.416 e. The van der Waals surface area contributed by atoms with E-state index in [1.54, 1.807) is 11.0 Å². The SMILES string of the molecule is O=C(O)[C@H]1CCCN1Cc1cc(Br)cc(C(F)(F)F)c1. The highest BCUT2D eigenvalue weighted by Gasteiger charge is 2.33. The fourth-order valence-corrected chi connectivity index (χ4v) is 2.98. The first kappa shape index (κ1) is 15.3. The molecule has 1 aromatic rings. The van der Waals surface area contributed by atoms with E-state index >= 15 is 0 Å². The largest absolute Gasteiger partial charge is 0.480 e. The Morgan fingerprint density at radius 2 is 2.10 bits per heavy atom. The Morgan fingerprint density at radius 1 is 1.40 bits per heavy atom. The van der Waals surface area contributed by atoms with E-state index in [1.165, 1.54) is 0 Å². The molecule has 1 atom stereocenters. The molecule has 1 saturated heterocycles. The highest BCUT2D eigenvalue weighted by Crippen LogP contribution is 2.32. The summed E-state index contributed by atoms with van der Waals surface area (Å²) in [5.41, 5.74) is -0.271. The van der Waals surface area contributed by atoms with Gasteiger partial charge in [0.25, 0.3) is 0 Å². The molecule has 3 nitrogen and oxygen atoms in total. The standard InChI is InChI=1S/C13H13BrF3NO2/c14-10-5-8(4-9(6-10)13(15,16)17)7-18-3-1-2-11(18)12(19)20/h4-6,11H,1-3,7H2,(H,19,20)/t11-/m1/s1. The number of aliphatic carboxylic acids is 1. The molecule has 20 heavy (non-hydrogen) atoms. The third-order valence-corrected chi connectivity index (χ3v) is 3.78. The van der Waals surface area contributed by atoms with Gasteiger partial charge in [0.1, 0.15) is 6.04 Å². The van der Waals surface area contributed by atoms with Crippen LogP contribution in [0.25, 0.3) is 0 Å². The molecule has 0 saturated carbocycles. The van der Waals surface area contributed by atoms with Gasteiger partial charge < -0.3 is 5.11 Å². The fraction of sp³-hybridized carbons (Fsp3) is 0.462. The van der Waals surface area contributed by atoms with Crippen LogP contribution in [-0.4, -0.2) is 28.6 Å². The van der Waals surface area contributed by atoms with Crippen LogP contribution in [0.5, 0.6) is 0 Å². The van der Waals surface area contributed by atoms with Gasteiger partial charge >= 0.3 is 12.1 Å². The summed E-state index contributed by atoms with van der Waals surface area (Å²) in [4.78, 5) is 12.8. The zero-order valence-corrected chi connectivity index (χ0v) is 12.0. The summed E-state index contributed by atoms with van der Waals surface area (Å²) in [5, 5.41) is 9.07. The predicted octanol–water partition coefficient (Wildman–Crippen LogP) is 3.52. The molecule has 0 spiro atoms. The number of nitrogens with zero attached hydrogens (tertiary/aromatic N) is 1. The zero-order valence-electron chi connectivity index (χ0n) is 10.5. The summed E-state index contributed by atoms with van der Waals surface area (Å²) in [6.45, 7) is 0.796. The fourth-order valence-electron chi connectivity index (χ4n) is 2.43. The van der Waals surface area contributed by atoms with E-state index in [-0.39, 0.29) is 6.54 Å². The van der Waals surface area contributed by atoms with E-state index in [2.05, 4.69) is 15.9 Å². The molecule has 0 radical (unpaired) electrons. The molecule has 0 unspecified atom stereocenters. The molecule has 0 aliphatic carbocycles. The van der Waals surface area contributed by atoms with Crippen LogP contribution in [0, 0.1) is 0 Å². The molecule has 1 heterocycles. The first-order valence-corrected chi connectivity index (χ1v) is 6.90. The first-order valence-electron chi connectivity index (χ1n) is 6.11. The van der Waals surface area contributed by atoms with Crippen LogP contribution >= 0.6 is 15.9 Å². The molecule has 0 aromatic heterocycles.